The lowest BCUT2D eigenvalue weighted by molar-refractivity contribution is -0.131. The Kier molecular flexibility index (Phi) is 5.01. The molecule has 4 heteroatoms. The molecule has 1 heterocycles. The molecule has 1 saturated carbocycles. The Morgan fingerprint density at radius 2 is 2.00 bits per heavy atom. The smallest absolute Gasteiger partial charge is 0.236 e. The van der Waals surface area contributed by atoms with Gasteiger partial charge in [-0.15, -0.1) is 0 Å². The third-order valence-corrected chi connectivity index (χ3v) is 4.16. The number of hydrogen-bond donors (Lipinski definition) is 1. The fourth-order valence-electron chi connectivity index (χ4n) is 2.63. The maximum absolute atomic E-state index is 12.0. The molecule has 18 heavy (non-hydrogen) atoms. The molecule has 4 nitrogen and oxygen atoms in total. The number of nitrogens with zero attached hydrogens (tertiary/aromatic N) is 2. The summed E-state index contributed by atoms with van der Waals surface area (Å²) in [5.41, 5.74) is 0. The van der Waals surface area contributed by atoms with E-state index in [0.717, 1.165) is 19.5 Å². The van der Waals surface area contributed by atoms with Gasteiger partial charge < -0.3 is 10.2 Å². The molecule has 0 aromatic rings. The van der Waals surface area contributed by atoms with Gasteiger partial charge in [0.2, 0.25) is 5.91 Å². The van der Waals surface area contributed by atoms with Crippen LogP contribution >= 0.6 is 0 Å². The third kappa shape index (κ3) is 4.25. The highest BCUT2D eigenvalue weighted by atomic mass is 16.2. The second kappa shape index (κ2) is 6.53. The van der Waals surface area contributed by atoms with Crippen molar-refractivity contribution in [3.8, 4) is 0 Å². The molecule has 1 aliphatic carbocycles. The summed E-state index contributed by atoms with van der Waals surface area (Å²) in [6.07, 6.45) is 7.51. The second-order valence-electron chi connectivity index (χ2n) is 5.91. The average molecular weight is 253 g/mol. The highest BCUT2D eigenvalue weighted by molar-refractivity contribution is 5.78. The monoisotopic (exact) mass is 253 g/mol. The Morgan fingerprint density at radius 3 is 2.61 bits per heavy atom. The van der Waals surface area contributed by atoms with E-state index in [4.69, 9.17) is 0 Å². The quantitative estimate of drug-likeness (QED) is 0.769. The molecule has 1 N–H and O–H groups in total. The first-order valence-corrected chi connectivity index (χ1v) is 7.34. The third-order valence-electron chi connectivity index (χ3n) is 4.16. The molecule has 1 amide bonds. The zero-order valence-electron chi connectivity index (χ0n) is 11.8. The summed E-state index contributed by atoms with van der Waals surface area (Å²) in [6, 6.07) is 1.20. The summed E-state index contributed by atoms with van der Waals surface area (Å²) in [5, 5.41) is 3.56. The van der Waals surface area contributed by atoms with Crippen LogP contribution in [0.5, 0.6) is 0 Å². The molecule has 0 bridgehead atoms. The van der Waals surface area contributed by atoms with Crippen LogP contribution in [0.2, 0.25) is 0 Å². The van der Waals surface area contributed by atoms with Crippen LogP contribution in [0.15, 0.2) is 0 Å². The predicted octanol–water partition coefficient (Wildman–Crippen LogP) is 1.07. The van der Waals surface area contributed by atoms with E-state index >= 15 is 0 Å². The van der Waals surface area contributed by atoms with Crippen molar-refractivity contribution in [3.63, 3.8) is 0 Å². The number of likely N-dealkylation sites (N-methyl/N-ethyl adjacent to an activating group) is 2. The van der Waals surface area contributed by atoms with Crippen LogP contribution in [0.4, 0.5) is 0 Å². The van der Waals surface area contributed by atoms with Crippen molar-refractivity contribution in [1.29, 1.82) is 0 Å². The molecule has 1 aliphatic heterocycles. The largest absolute Gasteiger partial charge is 0.342 e. The first kappa shape index (κ1) is 13.8. The van der Waals surface area contributed by atoms with Crippen LogP contribution in [0, 0.1) is 0 Å². The van der Waals surface area contributed by atoms with E-state index in [9.17, 15) is 4.79 Å². The first-order chi connectivity index (χ1) is 8.66. The van der Waals surface area contributed by atoms with Crippen LogP contribution in [-0.4, -0.2) is 61.5 Å². The number of hydrogen-bond acceptors (Lipinski definition) is 3. The molecule has 1 unspecified atom stereocenters. The van der Waals surface area contributed by atoms with E-state index in [0.29, 0.717) is 18.6 Å². The topological polar surface area (TPSA) is 35.6 Å². The van der Waals surface area contributed by atoms with Crippen molar-refractivity contribution in [1.82, 2.24) is 15.1 Å². The minimum atomic E-state index is 0.275. The summed E-state index contributed by atoms with van der Waals surface area (Å²) in [5.74, 6) is 0.275. The predicted molar refractivity (Wildman–Crippen MR) is 73.5 cm³/mol. The van der Waals surface area contributed by atoms with E-state index < -0.39 is 0 Å². The Hall–Kier alpha value is -0.610. The van der Waals surface area contributed by atoms with Crippen molar-refractivity contribution in [2.45, 2.75) is 50.6 Å². The van der Waals surface area contributed by atoms with E-state index in [1.165, 1.54) is 32.1 Å². The Morgan fingerprint density at radius 1 is 1.22 bits per heavy atom. The highest BCUT2D eigenvalue weighted by Gasteiger charge is 2.29. The lowest BCUT2D eigenvalue weighted by Gasteiger charge is -2.26. The van der Waals surface area contributed by atoms with Gasteiger partial charge in [0, 0.05) is 19.1 Å². The molecule has 2 aliphatic rings. The summed E-state index contributed by atoms with van der Waals surface area (Å²) < 4.78 is 0. The zero-order valence-corrected chi connectivity index (χ0v) is 11.8. The summed E-state index contributed by atoms with van der Waals surface area (Å²) in [4.78, 5) is 16.0. The van der Waals surface area contributed by atoms with E-state index in [1.54, 1.807) is 0 Å². The summed E-state index contributed by atoms with van der Waals surface area (Å²) in [6.45, 7) is 2.75. The Labute approximate surface area is 111 Å². The first-order valence-electron chi connectivity index (χ1n) is 7.34. The number of carbonyl (C=O) groups is 1. The molecule has 0 aromatic heterocycles. The molecule has 1 saturated heterocycles. The normalized spacial score (nSPS) is 24.3. The molecular formula is C14H27N3O. The molecule has 2 rings (SSSR count). The summed E-state index contributed by atoms with van der Waals surface area (Å²) >= 11 is 0. The van der Waals surface area contributed by atoms with Crippen LogP contribution in [0.3, 0.4) is 0 Å². The molecular weight excluding hydrogens is 226 g/mol. The number of amides is 1. The van der Waals surface area contributed by atoms with Gasteiger partial charge >= 0.3 is 0 Å². The molecule has 1 atom stereocenters. The van der Waals surface area contributed by atoms with Gasteiger partial charge in [0.25, 0.3) is 0 Å². The number of rotatable bonds is 6. The lowest BCUT2D eigenvalue weighted by Crippen LogP contribution is -2.40. The van der Waals surface area contributed by atoms with Crippen LogP contribution < -0.4 is 5.32 Å². The van der Waals surface area contributed by atoms with Gasteiger partial charge in [-0.25, -0.2) is 0 Å². The summed E-state index contributed by atoms with van der Waals surface area (Å²) in [7, 11) is 4.00. The molecule has 0 radical (unpaired) electrons. The van der Waals surface area contributed by atoms with Crippen LogP contribution in [-0.2, 0) is 4.79 Å². The van der Waals surface area contributed by atoms with Gasteiger partial charge in [-0.1, -0.05) is 6.42 Å². The van der Waals surface area contributed by atoms with Gasteiger partial charge in [-0.05, 0) is 52.2 Å². The lowest BCUT2D eigenvalue weighted by atomic mass is 10.0. The van der Waals surface area contributed by atoms with Gasteiger partial charge in [0.15, 0.2) is 0 Å². The van der Waals surface area contributed by atoms with Crippen molar-refractivity contribution in [2.24, 2.45) is 0 Å². The maximum Gasteiger partial charge on any atom is 0.236 e. The maximum atomic E-state index is 12.0. The van der Waals surface area contributed by atoms with Gasteiger partial charge in [-0.2, -0.15) is 0 Å². The van der Waals surface area contributed by atoms with E-state index in [2.05, 4.69) is 17.3 Å². The van der Waals surface area contributed by atoms with Crippen molar-refractivity contribution >= 4 is 5.91 Å². The molecule has 0 aromatic carbocycles. The average Bonchev–Trinajstić information content (AvgIpc) is 3.21. The van der Waals surface area contributed by atoms with Crippen LogP contribution in [0.1, 0.15) is 38.5 Å². The van der Waals surface area contributed by atoms with Crippen molar-refractivity contribution in [3.05, 3.63) is 0 Å². The highest BCUT2D eigenvalue weighted by Crippen LogP contribution is 2.25. The standard InChI is InChI=1S/C14H27N3O/c1-16(10-8-12-5-3-4-9-15-12)11-14(18)17(2)13-6-7-13/h12-13,15H,3-11H2,1-2H3. The fraction of sp³-hybridized carbons (Fsp3) is 0.929. The van der Waals surface area contributed by atoms with Gasteiger partial charge in [0.1, 0.15) is 0 Å². The molecule has 2 fully saturated rings. The van der Waals surface area contributed by atoms with Gasteiger partial charge in [0.05, 0.1) is 6.54 Å². The zero-order chi connectivity index (χ0) is 13.0. The number of carbonyl (C=O) groups excluding carboxylic acids is 1. The minimum absolute atomic E-state index is 0.275. The molecule has 0 spiro atoms. The molecule has 104 valence electrons. The van der Waals surface area contributed by atoms with Crippen molar-refractivity contribution < 1.29 is 4.79 Å². The van der Waals surface area contributed by atoms with Gasteiger partial charge in [-0.3, -0.25) is 9.69 Å². The minimum Gasteiger partial charge on any atom is -0.342 e. The fourth-order valence-corrected chi connectivity index (χ4v) is 2.63. The number of nitrogens with one attached hydrogen (secondary N) is 1. The van der Waals surface area contributed by atoms with E-state index in [-0.39, 0.29) is 5.91 Å². The van der Waals surface area contributed by atoms with Crippen LogP contribution in [0.25, 0.3) is 0 Å². The SMILES string of the molecule is CN(CCC1CCCCN1)CC(=O)N(C)C1CC1. The van der Waals surface area contributed by atoms with E-state index in [1.807, 2.05) is 11.9 Å². The van der Waals surface area contributed by atoms with Crippen molar-refractivity contribution in [2.75, 3.05) is 33.7 Å². The number of piperidine rings is 1. The Bertz CT molecular complexity index is 272. The second-order valence-corrected chi connectivity index (χ2v) is 5.91. The Balaban J connectivity index is 1.61.